The molecule has 1 atom stereocenters. The predicted octanol–water partition coefficient (Wildman–Crippen LogP) is 1.90. The van der Waals surface area contributed by atoms with Gasteiger partial charge in [0.15, 0.2) is 0 Å². The average molecular weight is 261 g/mol. The molecule has 6 heteroatoms. The van der Waals surface area contributed by atoms with Crippen LogP contribution >= 0.6 is 0 Å². The number of nitrogens with zero attached hydrogens (tertiary/aromatic N) is 2. The van der Waals surface area contributed by atoms with Gasteiger partial charge in [-0.1, -0.05) is 0 Å². The molecule has 0 aromatic rings. The number of hydrogen-bond acceptors (Lipinski definition) is 3. The van der Waals surface area contributed by atoms with Crippen LogP contribution in [-0.2, 0) is 0 Å². The van der Waals surface area contributed by atoms with E-state index < -0.39 is 12.1 Å². The van der Waals surface area contributed by atoms with Crippen LogP contribution in [-0.4, -0.2) is 42.8 Å². The van der Waals surface area contributed by atoms with Crippen LogP contribution in [0.25, 0.3) is 0 Å². The first-order valence-corrected chi connectivity index (χ1v) is 6.44. The Balaban J connectivity index is 1.73. The molecule has 0 spiro atoms. The third-order valence-electron chi connectivity index (χ3n) is 3.66. The highest BCUT2D eigenvalue weighted by atomic mass is 19.4. The van der Waals surface area contributed by atoms with Gasteiger partial charge in [-0.2, -0.15) is 18.4 Å². The zero-order valence-corrected chi connectivity index (χ0v) is 10.2. The van der Waals surface area contributed by atoms with Crippen molar-refractivity contribution in [3.8, 4) is 6.07 Å². The summed E-state index contributed by atoms with van der Waals surface area (Å²) in [6, 6.07) is 2.38. The maximum absolute atomic E-state index is 12.5. The van der Waals surface area contributed by atoms with Crippen molar-refractivity contribution in [3.63, 3.8) is 0 Å². The second kappa shape index (κ2) is 5.45. The average Bonchev–Trinajstić information content (AvgIpc) is 3.11. The predicted molar refractivity (Wildman–Crippen MR) is 60.8 cm³/mol. The van der Waals surface area contributed by atoms with E-state index in [1.165, 1.54) is 0 Å². The lowest BCUT2D eigenvalue weighted by atomic mass is 9.96. The SMILES string of the molecule is N#CC(CN1CCC(C(F)(F)F)CC1)NC1CC1. The molecule has 3 nitrogen and oxygen atoms in total. The summed E-state index contributed by atoms with van der Waals surface area (Å²) in [6.45, 7) is 1.42. The highest BCUT2D eigenvalue weighted by molar-refractivity contribution is 4.97. The van der Waals surface area contributed by atoms with E-state index in [4.69, 9.17) is 5.26 Å². The van der Waals surface area contributed by atoms with E-state index in [0.29, 0.717) is 25.7 Å². The molecule has 0 amide bonds. The minimum Gasteiger partial charge on any atom is -0.301 e. The van der Waals surface area contributed by atoms with E-state index in [0.717, 1.165) is 12.8 Å². The number of likely N-dealkylation sites (tertiary alicyclic amines) is 1. The molecule has 1 N–H and O–H groups in total. The summed E-state index contributed by atoms with van der Waals surface area (Å²) in [7, 11) is 0. The first-order valence-electron chi connectivity index (χ1n) is 6.44. The molecule has 0 radical (unpaired) electrons. The summed E-state index contributed by atoms with van der Waals surface area (Å²) >= 11 is 0. The molecular weight excluding hydrogens is 243 g/mol. The Bertz CT molecular complexity index is 312. The highest BCUT2D eigenvalue weighted by Gasteiger charge is 2.41. The summed E-state index contributed by atoms with van der Waals surface area (Å²) in [5.74, 6) is -1.16. The van der Waals surface area contributed by atoms with Crippen LogP contribution in [0.3, 0.4) is 0 Å². The number of rotatable bonds is 4. The molecule has 1 aliphatic carbocycles. The van der Waals surface area contributed by atoms with Gasteiger partial charge in [-0.25, -0.2) is 0 Å². The van der Waals surface area contributed by atoms with Gasteiger partial charge in [0, 0.05) is 12.6 Å². The summed E-state index contributed by atoms with van der Waals surface area (Å²) in [5.41, 5.74) is 0. The van der Waals surface area contributed by atoms with Gasteiger partial charge in [0.25, 0.3) is 0 Å². The first-order chi connectivity index (χ1) is 8.49. The Hall–Kier alpha value is -0.800. The smallest absolute Gasteiger partial charge is 0.301 e. The van der Waals surface area contributed by atoms with Gasteiger partial charge in [0.05, 0.1) is 12.0 Å². The summed E-state index contributed by atoms with van der Waals surface area (Å²) in [6.07, 6.45) is -1.54. The van der Waals surface area contributed by atoms with Crippen molar-refractivity contribution in [1.29, 1.82) is 5.26 Å². The molecule has 1 unspecified atom stereocenters. The lowest BCUT2D eigenvalue weighted by Crippen LogP contribution is -2.46. The Morgan fingerprint density at radius 2 is 1.83 bits per heavy atom. The van der Waals surface area contributed by atoms with Crippen LogP contribution in [0.2, 0.25) is 0 Å². The topological polar surface area (TPSA) is 39.1 Å². The molecule has 102 valence electrons. The van der Waals surface area contributed by atoms with Crippen LogP contribution in [0.15, 0.2) is 0 Å². The van der Waals surface area contributed by atoms with Crippen LogP contribution in [0.5, 0.6) is 0 Å². The third-order valence-corrected chi connectivity index (χ3v) is 3.66. The highest BCUT2D eigenvalue weighted by Crippen LogP contribution is 2.34. The first kappa shape index (κ1) is 13.6. The normalized spacial score (nSPS) is 24.8. The maximum Gasteiger partial charge on any atom is 0.391 e. The van der Waals surface area contributed by atoms with E-state index in [-0.39, 0.29) is 18.9 Å². The van der Waals surface area contributed by atoms with E-state index in [2.05, 4.69) is 11.4 Å². The maximum atomic E-state index is 12.5. The van der Waals surface area contributed by atoms with Crippen molar-refractivity contribution >= 4 is 0 Å². The summed E-state index contributed by atoms with van der Waals surface area (Å²) in [4.78, 5) is 1.96. The second-order valence-corrected chi connectivity index (χ2v) is 5.24. The van der Waals surface area contributed by atoms with Crippen LogP contribution in [0, 0.1) is 17.2 Å². The molecule has 18 heavy (non-hydrogen) atoms. The van der Waals surface area contributed by atoms with Gasteiger partial charge in [-0.15, -0.1) is 0 Å². The lowest BCUT2D eigenvalue weighted by Gasteiger charge is -2.33. The molecule has 1 heterocycles. The fourth-order valence-electron chi connectivity index (χ4n) is 2.37. The van der Waals surface area contributed by atoms with Crippen molar-refractivity contribution in [3.05, 3.63) is 0 Å². The number of nitriles is 1. The minimum absolute atomic E-state index is 0.158. The van der Waals surface area contributed by atoms with Crippen molar-refractivity contribution in [2.75, 3.05) is 19.6 Å². The molecule has 0 bridgehead atoms. The molecule has 2 aliphatic rings. The Labute approximate surface area is 105 Å². The van der Waals surface area contributed by atoms with Gasteiger partial charge in [-0.05, 0) is 38.8 Å². The zero-order chi connectivity index (χ0) is 13.2. The molecule has 0 aromatic heterocycles. The summed E-state index contributed by atoms with van der Waals surface area (Å²) in [5, 5.41) is 12.2. The molecule has 2 fully saturated rings. The number of nitrogens with one attached hydrogen (secondary N) is 1. The number of hydrogen-bond donors (Lipinski definition) is 1. The number of alkyl halides is 3. The zero-order valence-electron chi connectivity index (χ0n) is 10.2. The monoisotopic (exact) mass is 261 g/mol. The van der Waals surface area contributed by atoms with Gasteiger partial charge in [0.1, 0.15) is 6.04 Å². The van der Waals surface area contributed by atoms with Gasteiger partial charge < -0.3 is 4.90 Å². The quantitative estimate of drug-likeness (QED) is 0.840. The van der Waals surface area contributed by atoms with E-state index >= 15 is 0 Å². The van der Waals surface area contributed by atoms with Crippen molar-refractivity contribution in [2.45, 2.75) is 43.9 Å². The second-order valence-electron chi connectivity index (χ2n) is 5.24. The largest absolute Gasteiger partial charge is 0.391 e. The van der Waals surface area contributed by atoms with Gasteiger partial charge in [0.2, 0.25) is 0 Å². The van der Waals surface area contributed by atoms with E-state index in [9.17, 15) is 13.2 Å². The van der Waals surface area contributed by atoms with E-state index in [1.54, 1.807) is 0 Å². The van der Waals surface area contributed by atoms with Crippen LogP contribution in [0.4, 0.5) is 13.2 Å². The van der Waals surface area contributed by atoms with Crippen molar-refractivity contribution < 1.29 is 13.2 Å². The molecule has 1 saturated carbocycles. The molecular formula is C12H18F3N3. The third kappa shape index (κ3) is 3.85. The summed E-state index contributed by atoms with van der Waals surface area (Å²) < 4.78 is 37.5. The van der Waals surface area contributed by atoms with Gasteiger partial charge >= 0.3 is 6.18 Å². The fraction of sp³-hybridized carbons (Fsp3) is 0.917. The Morgan fingerprint density at radius 1 is 1.22 bits per heavy atom. The van der Waals surface area contributed by atoms with Crippen LogP contribution in [0.1, 0.15) is 25.7 Å². The lowest BCUT2D eigenvalue weighted by molar-refractivity contribution is -0.185. The van der Waals surface area contributed by atoms with E-state index in [1.807, 2.05) is 4.90 Å². The molecule has 1 aliphatic heterocycles. The number of halogens is 3. The standard InChI is InChI=1S/C12H18F3N3/c13-12(14,15)9-3-5-18(6-4-9)8-11(7-16)17-10-1-2-10/h9-11,17H,1-6,8H2. The Morgan fingerprint density at radius 3 is 2.28 bits per heavy atom. The Kier molecular flexibility index (Phi) is 4.13. The minimum atomic E-state index is -4.06. The molecule has 2 rings (SSSR count). The van der Waals surface area contributed by atoms with Crippen molar-refractivity contribution in [2.24, 2.45) is 5.92 Å². The molecule has 0 aromatic carbocycles. The number of piperidine rings is 1. The molecule has 1 saturated heterocycles. The van der Waals surface area contributed by atoms with Crippen molar-refractivity contribution in [1.82, 2.24) is 10.2 Å². The van der Waals surface area contributed by atoms with Crippen LogP contribution < -0.4 is 5.32 Å². The van der Waals surface area contributed by atoms with Gasteiger partial charge in [-0.3, -0.25) is 5.32 Å². The fourth-order valence-corrected chi connectivity index (χ4v) is 2.37.